The molecule has 1 fully saturated rings. The lowest BCUT2D eigenvalue weighted by atomic mass is 10.3. The number of nitrogens with one attached hydrogen (secondary N) is 1. The van der Waals surface area contributed by atoms with Gasteiger partial charge in [0.25, 0.3) is 0 Å². The van der Waals surface area contributed by atoms with E-state index in [1.54, 1.807) is 0 Å². The average Bonchev–Trinajstić information content (AvgIpc) is 2.15. The van der Waals surface area contributed by atoms with Crippen molar-refractivity contribution in [3.05, 3.63) is 12.2 Å². The van der Waals surface area contributed by atoms with Crippen LogP contribution < -0.4 is 5.32 Å². The highest BCUT2D eigenvalue weighted by molar-refractivity contribution is 5.06. The molecule has 2 nitrogen and oxygen atoms in total. The second-order valence-corrected chi connectivity index (χ2v) is 2.38. The summed E-state index contributed by atoms with van der Waals surface area (Å²) in [4.78, 5) is 2.42. The summed E-state index contributed by atoms with van der Waals surface area (Å²) in [6, 6.07) is 0.718. The Balaban J connectivity index is 2.13. The Kier molecular flexibility index (Phi) is 0.889. The summed E-state index contributed by atoms with van der Waals surface area (Å²) in [5.74, 6) is 0. The Hall–Kier alpha value is -0.340. The topological polar surface area (TPSA) is 15.3 Å². The first-order valence-electron chi connectivity index (χ1n) is 3.08. The number of fused-ring (bicyclic) bond motifs is 1. The van der Waals surface area contributed by atoms with Crippen molar-refractivity contribution in [2.45, 2.75) is 6.04 Å². The van der Waals surface area contributed by atoms with Crippen molar-refractivity contribution in [3.63, 3.8) is 0 Å². The summed E-state index contributed by atoms with van der Waals surface area (Å²) in [7, 11) is 0. The van der Waals surface area contributed by atoms with Gasteiger partial charge in [0.1, 0.15) is 0 Å². The van der Waals surface area contributed by atoms with E-state index in [-0.39, 0.29) is 0 Å². The maximum atomic E-state index is 3.30. The first-order valence-corrected chi connectivity index (χ1v) is 3.08. The fourth-order valence-corrected chi connectivity index (χ4v) is 1.35. The Labute approximate surface area is 49.2 Å². The summed E-state index contributed by atoms with van der Waals surface area (Å²) in [5.41, 5.74) is 0. The van der Waals surface area contributed by atoms with E-state index in [1.807, 2.05) is 0 Å². The van der Waals surface area contributed by atoms with E-state index >= 15 is 0 Å². The normalized spacial score (nSPS) is 36.2. The molecule has 44 valence electrons. The van der Waals surface area contributed by atoms with Gasteiger partial charge in [-0.2, -0.15) is 0 Å². The van der Waals surface area contributed by atoms with Gasteiger partial charge in [0.2, 0.25) is 0 Å². The van der Waals surface area contributed by atoms with Gasteiger partial charge < -0.3 is 5.32 Å². The van der Waals surface area contributed by atoms with Crippen LogP contribution >= 0.6 is 0 Å². The lowest BCUT2D eigenvalue weighted by molar-refractivity contribution is 0.344. The lowest BCUT2D eigenvalue weighted by Crippen LogP contribution is -2.24. The highest BCUT2D eigenvalue weighted by atomic mass is 15.3. The highest BCUT2D eigenvalue weighted by Gasteiger charge is 2.23. The first kappa shape index (κ1) is 4.53. The molecule has 1 N–H and O–H groups in total. The van der Waals surface area contributed by atoms with Gasteiger partial charge in [0.05, 0.1) is 0 Å². The number of nitrogens with zero attached hydrogens (tertiary/aromatic N) is 1. The van der Waals surface area contributed by atoms with E-state index in [2.05, 4.69) is 22.4 Å². The van der Waals surface area contributed by atoms with Crippen LogP contribution in [0.3, 0.4) is 0 Å². The van der Waals surface area contributed by atoms with E-state index in [4.69, 9.17) is 0 Å². The number of hydrogen-bond donors (Lipinski definition) is 1. The molecule has 0 aliphatic carbocycles. The number of rotatable bonds is 0. The summed E-state index contributed by atoms with van der Waals surface area (Å²) in [6.07, 6.45) is 4.52. The molecule has 1 atom stereocenters. The molecule has 2 heteroatoms. The minimum absolute atomic E-state index is 0.718. The molecule has 0 saturated carbocycles. The van der Waals surface area contributed by atoms with Gasteiger partial charge in [-0.1, -0.05) is 12.2 Å². The zero-order valence-electron chi connectivity index (χ0n) is 4.80. The smallest absolute Gasteiger partial charge is 0.0490 e. The molecule has 0 spiro atoms. The van der Waals surface area contributed by atoms with Crippen molar-refractivity contribution < 1.29 is 0 Å². The van der Waals surface area contributed by atoms with Crippen LogP contribution in [0.25, 0.3) is 0 Å². The van der Waals surface area contributed by atoms with Crippen LogP contribution in [0.4, 0.5) is 0 Å². The Morgan fingerprint density at radius 3 is 3.50 bits per heavy atom. The highest BCUT2D eigenvalue weighted by Crippen LogP contribution is 2.10. The predicted octanol–water partition coefficient (Wildman–Crippen LogP) is -0.213. The third-order valence-electron chi connectivity index (χ3n) is 1.84. The van der Waals surface area contributed by atoms with Crippen LogP contribution in [0.15, 0.2) is 12.2 Å². The van der Waals surface area contributed by atoms with Crippen LogP contribution in [0.2, 0.25) is 0 Å². The van der Waals surface area contributed by atoms with Gasteiger partial charge in [0.15, 0.2) is 0 Å². The van der Waals surface area contributed by atoms with E-state index in [0.29, 0.717) is 0 Å². The van der Waals surface area contributed by atoms with Gasteiger partial charge in [0, 0.05) is 25.8 Å². The van der Waals surface area contributed by atoms with Gasteiger partial charge in [-0.05, 0) is 0 Å². The second kappa shape index (κ2) is 1.57. The standard InChI is InChI=1S/C6H10N2/c1-2-6-4-7-5-8(6)3-1/h1-2,6-7H,3-5H2. The van der Waals surface area contributed by atoms with E-state index in [9.17, 15) is 0 Å². The fourth-order valence-electron chi connectivity index (χ4n) is 1.35. The van der Waals surface area contributed by atoms with E-state index < -0.39 is 0 Å². The molecule has 1 saturated heterocycles. The fraction of sp³-hybridized carbons (Fsp3) is 0.667. The van der Waals surface area contributed by atoms with Crippen LogP contribution in [0.5, 0.6) is 0 Å². The third kappa shape index (κ3) is 0.501. The van der Waals surface area contributed by atoms with Crippen molar-refractivity contribution in [3.8, 4) is 0 Å². The largest absolute Gasteiger partial charge is 0.302 e. The maximum absolute atomic E-state index is 3.30. The van der Waals surface area contributed by atoms with Crippen molar-refractivity contribution in [1.82, 2.24) is 10.2 Å². The molecular weight excluding hydrogens is 100 g/mol. The first-order chi connectivity index (χ1) is 3.97. The number of hydrogen-bond acceptors (Lipinski definition) is 2. The molecule has 2 aliphatic heterocycles. The monoisotopic (exact) mass is 110 g/mol. The van der Waals surface area contributed by atoms with Crippen molar-refractivity contribution >= 4 is 0 Å². The quantitative estimate of drug-likeness (QED) is 0.434. The zero-order chi connectivity index (χ0) is 5.40. The van der Waals surface area contributed by atoms with Gasteiger partial charge in [-0.15, -0.1) is 0 Å². The Morgan fingerprint density at radius 1 is 1.62 bits per heavy atom. The molecule has 0 radical (unpaired) electrons. The molecule has 0 bridgehead atoms. The molecule has 0 aromatic carbocycles. The molecule has 1 unspecified atom stereocenters. The van der Waals surface area contributed by atoms with Gasteiger partial charge >= 0.3 is 0 Å². The molecule has 8 heavy (non-hydrogen) atoms. The second-order valence-electron chi connectivity index (χ2n) is 2.38. The molecular formula is C6H10N2. The molecule has 2 heterocycles. The molecule has 2 aliphatic rings. The van der Waals surface area contributed by atoms with Crippen LogP contribution in [0.1, 0.15) is 0 Å². The van der Waals surface area contributed by atoms with Crippen molar-refractivity contribution in [2.75, 3.05) is 19.8 Å². The minimum Gasteiger partial charge on any atom is -0.302 e. The summed E-state index contributed by atoms with van der Waals surface area (Å²) in [5, 5.41) is 3.30. The predicted molar refractivity (Wildman–Crippen MR) is 32.5 cm³/mol. The average molecular weight is 110 g/mol. The Bertz CT molecular complexity index is 120. The van der Waals surface area contributed by atoms with Crippen LogP contribution in [-0.2, 0) is 0 Å². The zero-order valence-corrected chi connectivity index (χ0v) is 4.80. The SMILES string of the molecule is C1=CC2CNCN2C1. The summed E-state index contributed by atoms with van der Waals surface area (Å²) >= 11 is 0. The minimum atomic E-state index is 0.718. The van der Waals surface area contributed by atoms with E-state index in [1.165, 1.54) is 0 Å². The summed E-state index contributed by atoms with van der Waals surface area (Å²) in [6.45, 7) is 3.38. The van der Waals surface area contributed by atoms with E-state index in [0.717, 1.165) is 25.8 Å². The van der Waals surface area contributed by atoms with Crippen LogP contribution in [0, 0.1) is 0 Å². The molecule has 2 rings (SSSR count). The van der Waals surface area contributed by atoms with Gasteiger partial charge in [-0.3, -0.25) is 4.90 Å². The van der Waals surface area contributed by atoms with Crippen molar-refractivity contribution in [1.29, 1.82) is 0 Å². The maximum Gasteiger partial charge on any atom is 0.0490 e. The third-order valence-corrected chi connectivity index (χ3v) is 1.84. The molecule has 0 amide bonds. The molecule has 0 aromatic rings. The summed E-state index contributed by atoms with van der Waals surface area (Å²) < 4.78 is 0. The lowest BCUT2D eigenvalue weighted by Gasteiger charge is -2.10. The van der Waals surface area contributed by atoms with Crippen molar-refractivity contribution in [2.24, 2.45) is 0 Å². The Morgan fingerprint density at radius 2 is 2.62 bits per heavy atom. The molecule has 0 aromatic heterocycles. The van der Waals surface area contributed by atoms with Crippen LogP contribution in [-0.4, -0.2) is 30.7 Å². The van der Waals surface area contributed by atoms with Gasteiger partial charge in [-0.25, -0.2) is 0 Å².